The van der Waals surface area contributed by atoms with Crippen LogP contribution in [0.4, 0.5) is 5.82 Å². The second-order valence-corrected chi connectivity index (χ2v) is 7.39. The van der Waals surface area contributed by atoms with Crippen molar-refractivity contribution in [1.29, 1.82) is 0 Å². The number of aromatic nitrogens is 2. The molecule has 1 aromatic heterocycles. The molecule has 132 valence electrons. The summed E-state index contributed by atoms with van der Waals surface area (Å²) in [4.78, 5) is 15.0. The van der Waals surface area contributed by atoms with E-state index in [0.29, 0.717) is 6.04 Å². The SMILES string of the molecule is c1ccc(-c2nc(N3CCN4CCCCC4C3)c3ccccc3n2)cc1. The lowest BCUT2D eigenvalue weighted by atomic mass is 9.99. The molecule has 2 aliphatic heterocycles. The van der Waals surface area contributed by atoms with Crippen molar-refractivity contribution in [2.75, 3.05) is 31.1 Å². The lowest BCUT2D eigenvalue weighted by Crippen LogP contribution is -2.55. The van der Waals surface area contributed by atoms with Gasteiger partial charge in [0.2, 0.25) is 0 Å². The zero-order chi connectivity index (χ0) is 17.3. The predicted molar refractivity (Wildman–Crippen MR) is 106 cm³/mol. The van der Waals surface area contributed by atoms with Gasteiger partial charge in [0.05, 0.1) is 5.52 Å². The smallest absolute Gasteiger partial charge is 0.162 e. The number of piperazine rings is 1. The number of hydrogen-bond donors (Lipinski definition) is 0. The summed E-state index contributed by atoms with van der Waals surface area (Å²) >= 11 is 0. The van der Waals surface area contributed by atoms with Crippen LogP contribution in [0.15, 0.2) is 54.6 Å². The molecule has 1 unspecified atom stereocenters. The van der Waals surface area contributed by atoms with E-state index in [1.807, 2.05) is 18.2 Å². The Bertz CT molecular complexity index is 908. The third-order valence-electron chi connectivity index (χ3n) is 5.75. The zero-order valence-corrected chi connectivity index (χ0v) is 15.0. The van der Waals surface area contributed by atoms with Gasteiger partial charge in [-0.1, -0.05) is 48.9 Å². The highest BCUT2D eigenvalue weighted by molar-refractivity contribution is 5.91. The maximum absolute atomic E-state index is 5.03. The first-order chi connectivity index (χ1) is 12.9. The van der Waals surface area contributed by atoms with E-state index in [1.54, 1.807) is 0 Å². The molecule has 0 spiro atoms. The van der Waals surface area contributed by atoms with Crippen LogP contribution in [-0.2, 0) is 0 Å². The fraction of sp³-hybridized carbons (Fsp3) is 0.364. The number of rotatable bonds is 2. The van der Waals surface area contributed by atoms with Gasteiger partial charge in [-0.25, -0.2) is 9.97 Å². The van der Waals surface area contributed by atoms with Crippen LogP contribution in [-0.4, -0.2) is 47.1 Å². The average Bonchev–Trinajstić information content (AvgIpc) is 2.73. The van der Waals surface area contributed by atoms with Gasteiger partial charge in [0.1, 0.15) is 5.82 Å². The lowest BCUT2D eigenvalue weighted by molar-refractivity contribution is 0.133. The first kappa shape index (κ1) is 15.8. The summed E-state index contributed by atoms with van der Waals surface area (Å²) in [5, 5.41) is 1.16. The molecule has 4 nitrogen and oxygen atoms in total. The summed E-state index contributed by atoms with van der Waals surface area (Å²) in [6.07, 6.45) is 4.02. The number of anilines is 1. The standard InChI is InChI=1S/C22H24N4/c1-2-8-17(9-3-1)21-23-20-12-5-4-11-19(20)22(24-21)26-15-14-25-13-7-6-10-18(25)16-26/h1-5,8-9,11-12,18H,6-7,10,13-16H2. The van der Waals surface area contributed by atoms with E-state index in [9.17, 15) is 0 Å². The average molecular weight is 344 g/mol. The fourth-order valence-electron chi connectivity index (χ4n) is 4.37. The van der Waals surface area contributed by atoms with Gasteiger partial charge in [0.15, 0.2) is 5.82 Å². The van der Waals surface area contributed by atoms with Crippen LogP contribution in [0, 0.1) is 0 Å². The van der Waals surface area contributed by atoms with E-state index in [4.69, 9.17) is 9.97 Å². The molecule has 2 fully saturated rings. The minimum Gasteiger partial charge on any atom is -0.353 e. The molecular formula is C22H24N4. The van der Waals surface area contributed by atoms with Crippen molar-refractivity contribution >= 4 is 16.7 Å². The third-order valence-corrected chi connectivity index (χ3v) is 5.75. The number of hydrogen-bond acceptors (Lipinski definition) is 4. The van der Waals surface area contributed by atoms with E-state index in [2.05, 4.69) is 46.2 Å². The molecule has 2 aliphatic rings. The number of para-hydroxylation sites is 1. The first-order valence-corrected chi connectivity index (χ1v) is 9.70. The molecule has 1 atom stereocenters. The monoisotopic (exact) mass is 344 g/mol. The Morgan fingerprint density at radius 2 is 1.65 bits per heavy atom. The fourth-order valence-corrected chi connectivity index (χ4v) is 4.37. The van der Waals surface area contributed by atoms with Crippen molar-refractivity contribution in [3.05, 3.63) is 54.6 Å². The number of piperidine rings is 1. The van der Waals surface area contributed by atoms with Crippen LogP contribution in [0.25, 0.3) is 22.3 Å². The molecule has 0 saturated carbocycles. The summed E-state index contributed by atoms with van der Waals surface area (Å²) < 4.78 is 0. The highest BCUT2D eigenvalue weighted by Crippen LogP contribution is 2.30. The van der Waals surface area contributed by atoms with Gasteiger partial charge in [0, 0.05) is 36.6 Å². The Hall–Kier alpha value is -2.46. The van der Waals surface area contributed by atoms with Crippen LogP contribution in [0.2, 0.25) is 0 Å². The maximum Gasteiger partial charge on any atom is 0.162 e. The van der Waals surface area contributed by atoms with Crippen molar-refractivity contribution in [2.24, 2.45) is 0 Å². The Balaban J connectivity index is 1.58. The highest BCUT2D eigenvalue weighted by atomic mass is 15.3. The Morgan fingerprint density at radius 3 is 2.58 bits per heavy atom. The van der Waals surface area contributed by atoms with Crippen molar-refractivity contribution < 1.29 is 0 Å². The van der Waals surface area contributed by atoms with E-state index >= 15 is 0 Å². The maximum atomic E-state index is 5.03. The molecule has 26 heavy (non-hydrogen) atoms. The molecule has 0 bridgehead atoms. The highest BCUT2D eigenvalue weighted by Gasteiger charge is 2.30. The molecule has 3 heterocycles. The number of nitrogens with zero attached hydrogens (tertiary/aromatic N) is 4. The molecule has 5 rings (SSSR count). The number of benzene rings is 2. The second kappa shape index (κ2) is 6.69. The Morgan fingerprint density at radius 1 is 0.808 bits per heavy atom. The minimum absolute atomic E-state index is 0.673. The molecule has 3 aromatic rings. The van der Waals surface area contributed by atoms with Gasteiger partial charge in [-0.2, -0.15) is 0 Å². The van der Waals surface area contributed by atoms with Crippen LogP contribution in [0.5, 0.6) is 0 Å². The number of fused-ring (bicyclic) bond motifs is 2. The van der Waals surface area contributed by atoms with Crippen molar-refractivity contribution in [3.63, 3.8) is 0 Å². The van der Waals surface area contributed by atoms with E-state index in [0.717, 1.165) is 47.7 Å². The Labute approximate surface area is 154 Å². The normalized spacial score (nSPS) is 20.9. The van der Waals surface area contributed by atoms with Crippen LogP contribution >= 0.6 is 0 Å². The minimum atomic E-state index is 0.673. The van der Waals surface area contributed by atoms with Gasteiger partial charge < -0.3 is 4.90 Å². The molecule has 0 N–H and O–H groups in total. The summed E-state index contributed by atoms with van der Waals surface area (Å²) in [6.45, 7) is 4.53. The lowest BCUT2D eigenvalue weighted by Gasteiger charge is -2.44. The second-order valence-electron chi connectivity index (χ2n) is 7.39. The first-order valence-electron chi connectivity index (χ1n) is 9.70. The predicted octanol–water partition coefficient (Wildman–Crippen LogP) is 3.97. The molecule has 0 aliphatic carbocycles. The molecule has 2 saturated heterocycles. The quantitative estimate of drug-likeness (QED) is 0.704. The van der Waals surface area contributed by atoms with Crippen LogP contribution in [0.3, 0.4) is 0 Å². The summed E-state index contributed by atoms with van der Waals surface area (Å²) in [5.41, 5.74) is 2.11. The molecular weight excluding hydrogens is 320 g/mol. The molecule has 0 amide bonds. The van der Waals surface area contributed by atoms with E-state index in [1.165, 1.54) is 25.8 Å². The van der Waals surface area contributed by atoms with E-state index < -0.39 is 0 Å². The molecule has 0 radical (unpaired) electrons. The topological polar surface area (TPSA) is 32.3 Å². The zero-order valence-electron chi connectivity index (χ0n) is 15.0. The summed E-state index contributed by atoms with van der Waals surface area (Å²) in [6, 6.07) is 19.4. The van der Waals surface area contributed by atoms with Crippen LogP contribution < -0.4 is 4.90 Å². The van der Waals surface area contributed by atoms with Crippen LogP contribution in [0.1, 0.15) is 19.3 Å². The van der Waals surface area contributed by atoms with Gasteiger partial charge >= 0.3 is 0 Å². The van der Waals surface area contributed by atoms with Gasteiger partial charge in [-0.15, -0.1) is 0 Å². The van der Waals surface area contributed by atoms with Gasteiger partial charge in [0.25, 0.3) is 0 Å². The van der Waals surface area contributed by atoms with Crippen molar-refractivity contribution in [3.8, 4) is 11.4 Å². The van der Waals surface area contributed by atoms with Gasteiger partial charge in [-0.3, -0.25) is 4.90 Å². The van der Waals surface area contributed by atoms with Crippen molar-refractivity contribution in [1.82, 2.24) is 14.9 Å². The Kier molecular flexibility index (Phi) is 4.06. The van der Waals surface area contributed by atoms with E-state index in [-0.39, 0.29) is 0 Å². The largest absolute Gasteiger partial charge is 0.353 e. The van der Waals surface area contributed by atoms with Crippen molar-refractivity contribution in [2.45, 2.75) is 25.3 Å². The summed E-state index contributed by atoms with van der Waals surface area (Å²) in [5.74, 6) is 1.92. The molecule has 2 aromatic carbocycles. The molecule has 4 heteroatoms. The summed E-state index contributed by atoms with van der Waals surface area (Å²) in [7, 11) is 0. The van der Waals surface area contributed by atoms with Gasteiger partial charge in [-0.05, 0) is 31.5 Å². The third kappa shape index (κ3) is 2.84.